The number of ketones is 1. The summed E-state index contributed by atoms with van der Waals surface area (Å²) in [6.45, 7) is 2.98. The molecule has 1 aliphatic heterocycles. The standard InChI is InChI=1S/C20H16F4O3S/c1-19(2)18(25)16(12-8-13(20(22,23)24)10-14(21)9-12)17(27-19)11-4-6-15(7-5-11)28(3)26/h4-10H,1-3H3. The highest BCUT2D eigenvalue weighted by molar-refractivity contribution is 7.84. The van der Waals surface area contributed by atoms with E-state index in [1.165, 1.54) is 20.1 Å². The fourth-order valence-electron chi connectivity index (χ4n) is 2.92. The summed E-state index contributed by atoms with van der Waals surface area (Å²) in [5.41, 5.74) is -2.42. The molecule has 2 aromatic rings. The number of alkyl halides is 3. The number of Topliss-reactive ketones (excluding diaryl/α,β-unsaturated/α-hetero) is 1. The zero-order valence-electron chi connectivity index (χ0n) is 15.2. The smallest absolute Gasteiger partial charge is 0.416 e. The van der Waals surface area contributed by atoms with E-state index in [4.69, 9.17) is 4.74 Å². The van der Waals surface area contributed by atoms with Gasteiger partial charge in [-0.05, 0) is 49.7 Å². The van der Waals surface area contributed by atoms with Gasteiger partial charge in [-0.2, -0.15) is 13.2 Å². The Bertz CT molecular complexity index is 1010. The zero-order valence-corrected chi connectivity index (χ0v) is 16.0. The maximum absolute atomic E-state index is 13.9. The summed E-state index contributed by atoms with van der Waals surface area (Å²) in [5, 5.41) is 0. The largest absolute Gasteiger partial charge is 0.478 e. The number of hydrogen-bond donors (Lipinski definition) is 0. The molecular formula is C20H16F4O3S. The fraction of sp³-hybridized carbons (Fsp3) is 0.250. The third-order valence-electron chi connectivity index (χ3n) is 4.32. The normalized spacial score (nSPS) is 17.6. The predicted octanol–water partition coefficient (Wildman–Crippen LogP) is 4.83. The first-order valence-corrected chi connectivity index (χ1v) is 9.76. The molecule has 0 saturated carbocycles. The summed E-state index contributed by atoms with van der Waals surface area (Å²) in [5.74, 6) is -1.60. The number of ether oxygens (including phenoxy) is 1. The molecule has 148 valence electrons. The van der Waals surface area contributed by atoms with Gasteiger partial charge in [-0.25, -0.2) is 4.39 Å². The lowest BCUT2D eigenvalue weighted by Crippen LogP contribution is -2.29. The van der Waals surface area contributed by atoms with Crippen molar-refractivity contribution >= 4 is 27.9 Å². The van der Waals surface area contributed by atoms with E-state index in [1.54, 1.807) is 24.3 Å². The average Bonchev–Trinajstić information content (AvgIpc) is 2.83. The fourth-order valence-corrected chi connectivity index (χ4v) is 3.44. The Morgan fingerprint density at radius 3 is 2.14 bits per heavy atom. The SMILES string of the molecule is CS(=O)c1ccc(C2=C(c3cc(F)cc(C(F)(F)F)c3)C(=O)C(C)(C)O2)cc1. The Labute approximate surface area is 161 Å². The highest BCUT2D eigenvalue weighted by atomic mass is 32.2. The minimum atomic E-state index is -4.76. The van der Waals surface area contributed by atoms with Gasteiger partial charge in [0.25, 0.3) is 0 Å². The van der Waals surface area contributed by atoms with Crippen molar-refractivity contribution in [1.82, 2.24) is 0 Å². The summed E-state index contributed by atoms with van der Waals surface area (Å²) < 4.78 is 70.5. The number of carbonyl (C=O) groups excluding carboxylic acids is 1. The molecule has 1 unspecified atom stereocenters. The topological polar surface area (TPSA) is 43.4 Å². The van der Waals surface area contributed by atoms with Crippen LogP contribution < -0.4 is 0 Å². The van der Waals surface area contributed by atoms with Crippen LogP contribution in [0.2, 0.25) is 0 Å². The van der Waals surface area contributed by atoms with E-state index in [0.717, 1.165) is 12.1 Å². The van der Waals surface area contributed by atoms with Gasteiger partial charge in [-0.3, -0.25) is 9.00 Å². The number of benzene rings is 2. The molecule has 8 heteroatoms. The van der Waals surface area contributed by atoms with E-state index in [2.05, 4.69) is 0 Å². The minimum Gasteiger partial charge on any atom is -0.478 e. The van der Waals surface area contributed by atoms with Crippen LogP contribution in [0.1, 0.15) is 30.5 Å². The van der Waals surface area contributed by atoms with Crippen LogP contribution in [0.3, 0.4) is 0 Å². The van der Waals surface area contributed by atoms with Crippen molar-refractivity contribution in [3.05, 3.63) is 65.0 Å². The Balaban J connectivity index is 2.21. The maximum Gasteiger partial charge on any atom is 0.416 e. The monoisotopic (exact) mass is 412 g/mol. The van der Waals surface area contributed by atoms with Gasteiger partial charge < -0.3 is 4.74 Å². The van der Waals surface area contributed by atoms with Crippen LogP contribution >= 0.6 is 0 Å². The van der Waals surface area contributed by atoms with Gasteiger partial charge >= 0.3 is 6.18 Å². The maximum atomic E-state index is 13.9. The molecule has 0 saturated heterocycles. The van der Waals surface area contributed by atoms with E-state index in [9.17, 15) is 26.6 Å². The predicted molar refractivity (Wildman–Crippen MR) is 97.2 cm³/mol. The summed E-state index contributed by atoms with van der Waals surface area (Å²) in [7, 11) is -1.22. The summed E-state index contributed by atoms with van der Waals surface area (Å²) in [6.07, 6.45) is -3.26. The second-order valence-electron chi connectivity index (χ2n) is 6.85. The highest BCUT2D eigenvalue weighted by Gasteiger charge is 2.43. The van der Waals surface area contributed by atoms with Crippen LogP contribution in [0, 0.1) is 5.82 Å². The molecule has 0 bridgehead atoms. The summed E-state index contributed by atoms with van der Waals surface area (Å²) >= 11 is 0. The molecule has 1 atom stereocenters. The first kappa shape index (κ1) is 20.3. The number of hydrogen-bond acceptors (Lipinski definition) is 3. The van der Waals surface area contributed by atoms with E-state index >= 15 is 0 Å². The van der Waals surface area contributed by atoms with Gasteiger partial charge in [-0.1, -0.05) is 12.1 Å². The van der Waals surface area contributed by atoms with E-state index < -0.39 is 39.7 Å². The molecule has 1 heterocycles. The molecule has 0 radical (unpaired) electrons. The Kier molecular flexibility index (Phi) is 4.95. The third kappa shape index (κ3) is 3.73. The first-order chi connectivity index (χ1) is 12.9. The summed E-state index contributed by atoms with van der Waals surface area (Å²) in [4.78, 5) is 13.4. The van der Waals surface area contributed by atoms with Crippen molar-refractivity contribution in [3.63, 3.8) is 0 Å². The van der Waals surface area contributed by atoms with Gasteiger partial charge in [0.2, 0.25) is 5.78 Å². The van der Waals surface area contributed by atoms with Crippen LogP contribution in [-0.2, 0) is 26.5 Å². The minimum absolute atomic E-state index is 0.0576. The Hall–Kier alpha value is -2.48. The second kappa shape index (κ2) is 6.84. The molecule has 0 aliphatic carbocycles. The van der Waals surface area contributed by atoms with Crippen LogP contribution in [0.4, 0.5) is 17.6 Å². The molecule has 0 amide bonds. The quantitative estimate of drug-likeness (QED) is 0.679. The van der Waals surface area contributed by atoms with Crippen LogP contribution in [0.5, 0.6) is 0 Å². The first-order valence-electron chi connectivity index (χ1n) is 8.20. The van der Waals surface area contributed by atoms with Crippen LogP contribution in [-0.4, -0.2) is 21.8 Å². The van der Waals surface area contributed by atoms with Gasteiger partial charge in [0, 0.05) is 27.5 Å². The molecule has 0 spiro atoms. The molecule has 3 nitrogen and oxygen atoms in total. The van der Waals surface area contributed by atoms with Crippen molar-refractivity contribution < 1.29 is 31.3 Å². The highest BCUT2D eigenvalue weighted by Crippen LogP contribution is 2.42. The summed E-state index contributed by atoms with van der Waals surface area (Å²) in [6, 6.07) is 8.25. The van der Waals surface area contributed by atoms with E-state index in [0.29, 0.717) is 16.5 Å². The van der Waals surface area contributed by atoms with Crippen molar-refractivity contribution in [2.75, 3.05) is 6.26 Å². The molecule has 0 N–H and O–H groups in total. The average molecular weight is 412 g/mol. The van der Waals surface area contributed by atoms with E-state index in [-0.39, 0.29) is 16.9 Å². The molecule has 2 aromatic carbocycles. The molecule has 0 fully saturated rings. The zero-order chi connectivity index (χ0) is 20.9. The van der Waals surface area contributed by atoms with Gasteiger partial charge in [0.15, 0.2) is 5.60 Å². The number of rotatable bonds is 3. The Morgan fingerprint density at radius 1 is 1.00 bits per heavy atom. The molecule has 28 heavy (non-hydrogen) atoms. The lowest BCUT2D eigenvalue weighted by Gasteiger charge is -2.18. The number of carbonyl (C=O) groups is 1. The lowest BCUT2D eigenvalue weighted by molar-refractivity contribution is -0.137. The second-order valence-corrected chi connectivity index (χ2v) is 8.23. The van der Waals surface area contributed by atoms with E-state index in [1.807, 2.05) is 0 Å². The molecule has 0 aromatic heterocycles. The van der Waals surface area contributed by atoms with Gasteiger partial charge in [-0.15, -0.1) is 0 Å². The van der Waals surface area contributed by atoms with Gasteiger partial charge in [0.1, 0.15) is 11.6 Å². The van der Waals surface area contributed by atoms with Crippen LogP contribution in [0.25, 0.3) is 11.3 Å². The number of halogens is 4. The van der Waals surface area contributed by atoms with Crippen molar-refractivity contribution in [3.8, 4) is 0 Å². The Morgan fingerprint density at radius 2 is 1.61 bits per heavy atom. The molecule has 3 rings (SSSR count). The van der Waals surface area contributed by atoms with Crippen molar-refractivity contribution in [2.45, 2.75) is 30.5 Å². The van der Waals surface area contributed by atoms with Gasteiger partial charge in [0.05, 0.1) is 11.1 Å². The van der Waals surface area contributed by atoms with Crippen molar-refractivity contribution in [2.24, 2.45) is 0 Å². The van der Waals surface area contributed by atoms with Crippen LogP contribution in [0.15, 0.2) is 47.4 Å². The lowest BCUT2D eigenvalue weighted by atomic mass is 9.91. The molecule has 1 aliphatic rings. The third-order valence-corrected chi connectivity index (χ3v) is 5.26. The molecular weight excluding hydrogens is 396 g/mol. The van der Waals surface area contributed by atoms with Crippen molar-refractivity contribution in [1.29, 1.82) is 0 Å².